The van der Waals surface area contributed by atoms with Crippen LogP contribution in [0.15, 0.2) is 78.2 Å². The summed E-state index contributed by atoms with van der Waals surface area (Å²) >= 11 is 6.62. The summed E-state index contributed by atoms with van der Waals surface area (Å²) in [4.78, 5) is 14.8. The van der Waals surface area contributed by atoms with E-state index in [-0.39, 0.29) is 5.91 Å². The lowest BCUT2D eigenvalue weighted by Gasteiger charge is -2.13. The standard InChI is InChI=1S/C25H21NO3S2/c1-3-13-26-24(27)23(31-25(26)30)15-19-14-20(28-2)11-12-22(19)29-16-18-9-6-8-17-7-4-5-10-21(17)18/h3-12,14-15H,1,13,16H2,2H3/b23-15-. The molecule has 1 aliphatic rings. The fraction of sp³-hybridized carbons (Fsp3) is 0.120. The minimum atomic E-state index is -0.127. The van der Waals surface area contributed by atoms with Crippen molar-refractivity contribution < 1.29 is 14.3 Å². The topological polar surface area (TPSA) is 38.8 Å². The SMILES string of the molecule is C=CCN1C(=O)/C(=C/c2cc(OC)ccc2OCc2cccc3ccccc23)SC1=S. The van der Waals surface area contributed by atoms with Crippen LogP contribution < -0.4 is 9.47 Å². The summed E-state index contributed by atoms with van der Waals surface area (Å²) in [6, 6.07) is 20.0. The maximum absolute atomic E-state index is 12.7. The summed E-state index contributed by atoms with van der Waals surface area (Å²) in [5.41, 5.74) is 1.86. The molecule has 0 bridgehead atoms. The average Bonchev–Trinajstić information content (AvgIpc) is 3.05. The largest absolute Gasteiger partial charge is 0.497 e. The number of ether oxygens (including phenoxy) is 2. The number of carbonyl (C=O) groups excluding carboxylic acids is 1. The van der Waals surface area contributed by atoms with E-state index < -0.39 is 0 Å². The van der Waals surface area contributed by atoms with Crippen molar-refractivity contribution in [1.82, 2.24) is 4.90 Å². The van der Waals surface area contributed by atoms with Crippen molar-refractivity contribution in [3.05, 3.63) is 89.4 Å². The molecule has 156 valence electrons. The van der Waals surface area contributed by atoms with Crippen LogP contribution in [-0.2, 0) is 11.4 Å². The minimum Gasteiger partial charge on any atom is -0.497 e. The number of nitrogens with zero attached hydrogens (tertiary/aromatic N) is 1. The summed E-state index contributed by atoms with van der Waals surface area (Å²) in [6.07, 6.45) is 3.47. The van der Waals surface area contributed by atoms with Gasteiger partial charge in [0.05, 0.1) is 12.0 Å². The Morgan fingerprint density at radius 2 is 1.94 bits per heavy atom. The highest BCUT2D eigenvalue weighted by Crippen LogP contribution is 2.35. The second-order valence-electron chi connectivity index (χ2n) is 6.91. The van der Waals surface area contributed by atoms with E-state index in [9.17, 15) is 4.79 Å². The molecule has 1 fully saturated rings. The van der Waals surface area contributed by atoms with Gasteiger partial charge < -0.3 is 9.47 Å². The fourth-order valence-electron chi connectivity index (χ4n) is 3.40. The van der Waals surface area contributed by atoms with Gasteiger partial charge in [-0.3, -0.25) is 9.69 Å². The van der Waals surface area contributed by atoms with Crippen LogP contribution in [0.3, 0.4) is 0 Å². The van der Waals surface area contributed by atoms with Crippen molar-refractivity contribution in [1.29, 1.82) is 0 Å². The second-order valence-corrected chi connectivity index (χ2v) is 8.59. The molecule has 0 saturated carbocycles. The number of benzene rings is 3. The molecular weight excluding hydrogens is 426 g/mol. The van der Waals surface area contributed by atoms with Crippen LogP contribution in [0, 0.1) is 0 Å². The highest BCUT2D eigenvalue weighted by molar-refractivity contribution is 8.26. The van der Waals surface area contributed by atoms with E-state index in [2.05, 4.69) is 30.8 Å². The maximum Gasteiger partial charge on any atom is 0.266 e. The predicted molar refractivity (Wildman–Crippen MR) is 131 cm³/mol. The smallest absolute Gasteiger partial charge is 0.266 e. The van der Waals surface area contributed by atoms with Crippen LogP contribution in [0.5, 0.6) is 11.5 Å². The normalized spacial score (nSPS) is 15.0. The van der Waals surface area contributed by atoms with Crippen molar-refractivity contribution in [2.45, 2.75) is 6.61 Å². The van der Waals surface area contributed by atoms with Crippen LogP contribution in [0.2, 0.25) is 0 Å². The van der Waals surface area contributed by atoms with Gasteiger partial charge >= 0.3 is 0 Å². The van der Waals surface area contributed by atoms with Crippen molar-refractivity contribution in [3.63, 3.8) is 0 Å². The van der Waals surface area contributed by atoms with Gasteiger partial charge in [-0.1, -0.05) is 72.5 Å². The monoisotopic (exact) mass is 447 g/mol. The molecule has 1 saturated heterocycles. The second kappa shape index (κ2) is 9.37. The molecule has 3 aromatic carbocycles. The van der Waals surface area contributed by atoms with Gasteiger partial charge in [0, 0.05) is 12.1 Å². The third-order valence-electron chi connectivity index (χ3n) is 4.95. The molecule has 3 aromatic rings. The molecule has 0 radical (unpaired) electrons. The van der Waals surface area contributed by atoms with Crippen molar-refractivity contribution in [2.75, 3.05) is 13.7 Å². The first-order valence-corrected chi connectivity index (χ1v) is 11.0. The number of hydrogen-bond donors (Lipinski definition) is 0. The van der Waals surface area contributed by atoms with Gasteiger partial charge in [0.1, 0.15) is 22.4 Å². The Morgan fingerprint density at radius 3 is 2.74 bits per heavy atom. The molecule has 0 unspecified atom stereocenters. The molecular formula is C25H21NO3S2. The maximum atomic E-state index is 12.7. The zero-order valence-corrected chi connectivity index (χ0v) is 18.7. The zero-order valence-electron chi connectivity index (χ0n) is 17.0. The fourth-order valence-corrected chi connectivity index (χ4v) is 4.67. The Hall–Kier alpha value is -3.09. The number of methoxy groups -OCH3 is 1. The van der Waals surface area contributed by atoms with E-state index in [1.54, 1.807) is 13.2 Å². The lowest BCUT2D eigenvalue weighted by Crippen LogP contribution is -2.27. The van der Waals surface area contributed by atoms with Crippen LogP contribution >= 0.6 is 24.0 Å². The van der Waals surface area contributed by atoms with Crippen LogP contribution in [-0.4, -0.2) is 28.8 Å². The third kappa shape index (κ3) is 4.50. The summed E-state index contributed by atoms with van der Waals surface area (Å²) in [7, 11) is 1.61. The molecule has 0 atom stereocenters. The Balaban J connectivity index is 1.64. The highest BCUT2D eigenvalue weighted by Gasteiger charge is 2.31. The molecule has 31 heavy (non-hydrogen) atoms. The van der Waals surface area contributed by atoms with Gasteiger partial charge in [-0.15, -0.1) is 6.58 Å². The molecule has 0 spiro atoms. The van der Waals surface area contributed by atoms with Crippen LogP contribution in [0.4, 0.5) is 0 Å². The number of rotatable bonds is 7. The number of thiocarbonyl (C=S) groups is 1. The highest BCUT2D eigenvalue weighted by atomic mass is 32.2. The van der Waals surface area contributed by atoms with Gasteiger partial charge in [0.25, 0.3) is 5.91 Å². The summed E-state index contributed by atoms with van der Waals surface area (Å²) in [6.45, 7) is 4.50. The molecule has 0 aromatic heterocycles. The van der Waals surface area contributed by atoms with Gasteiger partial charge in [-0.2, -0.15) is 0 Å². The van der Waals surface area contributed by atoms with E-state index in [1.807, 2.05) is 42.5 Å². The predicted octanol–water partition coefficient (Wildman–Crippen LogP) is 5.81. The average molecular weight is 448 g/mol. The van der Waals surface area contributed by atoms with E-state index in [4.69, 9.17) is 21.7 Å². The van der Waals surface area contributed by atoms with Crippen molar-refractivity contribution in [3.8, 4) is 11.5 Å². The summed E-state index contributed by atoms with van der Waals surface area (Å²) < 4.78 is 12.1. The number of thioether (sulfide) groups is 1. The Morgan fingerprint density at radius 1 is 1.13 bits per heavy atom. The first kappa shape index (κ1) is 21.2. The Bertz CT molecular complexity index is 1200. The molecule has 4 nitrogen and oxygen atoms in total. The van der Waals surface area contributed by atoms with E-state index in [1.165, 1.54) is 22.0 Å². The number of carbonyl (C=O) groups is 1. The number of hydrogen-bond acceptors (Lipinski definition) is 5. The molecule has 1 amide bonds. The van der Waals surface area contributed by atoms with Crippen LogP contribution in [0.1, 0.15) is 11.1 Å². The minimum absolute atomic E-state index is 0.127. The van der Waals surface area contributed by atoms with Gasteiger partial charge in [0.15, 0.2) is 0 Å². The quantitative estimate of drug-likeness (QED) is 0.259. The number of amides is 1. The summed E-state index contributed by atoms with van der Waals surface area (Å²) in [5.74, 6) is 1.23. The van der Waals surface area contributed by atoms with Crippen molar-refractivity contribution >= 4 is 51.1 Å². The first-order valence-electron chi connectivity index (χ1n) is 9.74. The molecule has 6 heteroatoms. The van der Waals surface area contributed by atoms with Gasteiger partial charge in [-0.25, -0.2) is 0 Å². The molecule has 1 aliphatic heterocycles. The van der Waals surface area contributed by atoms with E-state index in [0.29, 0.717) is 33.9 Å². The van der Waals surface area contributed by atoms with Crippen molar-refractivity contribution in [2.24, 2.45) is 0 Å². The molecule has 0 N–H and O–H groups in total. The third-order valence-corrected chi connectivity index (χ3v) is 6.33. The number of fused-ring (bicyclic) bond motifs is 1. The van der Waals surface area contributed by atoms with E-state index >= 15 is 0 Å². The van der Waals surface area contributed by atoms with Gasteiger partial charge in [0.2, 0.25) is 0 Å². The zero-order chi connectivity index (χ0) is 21.8. The van der Waals surface area contributed by atoms with Gasteiger partial charge in [-0.05, 0) is 40.6 Å². The molecule has 4 rings (SSSR count). The molecule has 0 aliphatic carbocycles. The summed E-state index contributed by atoms with van der Waals surface area (Å²) in [5, 5.41) is 2.33. The molecule has 1 heterocycles. The lowest BCUT2D eigenvalue weighted by atomic mass is 10.1. The van der Waals surface area contributed by atoms with E-state index in [0.717, 1.165) is 16.5 Å². The first-order chi connectivity index (χ1) is 15.1. The lowest BCUT2D eigenvalue weighted by molar-refractivity contribution is -0.121. The Kier molecular flexibility index (Phi) is 6.39. The Labute approximate surface area is 191 Å². The van der Waals surface area contributed by atoms with Crippen LogP contribution in [0.25, 0.3) is 16.8 Å².